The molecular weight excluding hydrogens is 325 g/mol. The molecule has 0 unspecified atom stereocenters. The lowest BCUT2D eigenvalue weighted by molar-refractivity contribution is -0.126. The van der Waals surface area contributed by atoms with E-state index in [2.05, 4.69) is 25.5 Å². The summed E-state index contributed by atoms with van der Waals surface area (Å²) >= 11 is 0. The minimum absolute atomic E-state index is 0.0744. The number of hydrogen-bond donors (Lipinski definition) is 3. The molecule has 1 amide bonds. The molecule has 2 aromatic heterocycles. The summed E-state index contributed by atoms with van der Waals surface area (Å²) in [6.07, 6.45) is 2.39. The van der Waals surface area contributed by atoms with Gasteiger partial charge in [0.25, 0.3) is 0 Å². The third-order valence-corrected chi connectivity index (χ3v) is 4.09. The summed E-state index contributed by atoms with van der Waals surface area (Å²) in [6, 6.07) is 6.31. The first kappa shape index (κ1) is 15.8. The van der Waals surface area contributed by atoms with Gasteiger partial charge >= 0.3 is 0 Å². The van der Waals surface area contributed by atoms with Crippen LogP contribution in [0, 0.1) is 5.82 Å². The lowest BCUT2D eigenvalue weighted by atomic mass is 10.2. The number of H-pyrrole nitrogens is 2. The molecule has 0 saturated heterocycles. The zero-order valence-corrected chi connectivity index (χ0v) is 13.5. The number of imidazole rings is 1. The Morgan fingerprint density at radius 1 is 1.36 bits per heavy atom. The van der Waals surface area contributed by atoms with Gasteiger partial charge in [-0.25, -0.2) is 9.37 Å². The van der Waals surface area contributed by atoms with Crippen molar-refractivity contribution in [3.05, 3.63) is 47.3 Å². The van der Waals surface area contributed by atoms with E-state index in [1.807, 2.05) is 6.07 Å². The molecule has 1 aliphatic rings. The molecule has 8 heteroatoms. The number of benzene rings is 1. The number of aromatic amines is 2. The summed E-state index contributed by atoms with van der Waals surface area (Å²) in [5, 5.41) is 9.95. The lowest BCUT2D eigenvalue weighted by Gasteiger charge is -2.04. The second kappa shape index (κ2) is 6.64. The number of nitrogens with zero attached hydrogens (tertiary/aromatic N) is 2. The van der Waals surface area contributed by atoms with Gasteiger partial charge in [0.2, 0.25) is 5.91 Å². The van der Waals surface area contributed by atoms with Gasteiger partial charge in [-0.2, -0.15) is 5.10 Å². The van der Waals surface area contributed by atoms with E-state index in [0.717, 1.165) is 11.4 Å². The van der Waals surface area contributed by atoms with Crippen LogP contribution in [0.15, 0.2) is 24.3 Å². The molecule has 7 nitrogen and oxygen atoms in total. The summed E-state index contributed by atoms with van der Waals surface area (Å²) in [5.74, 6) is 0.591. The molecule has 2 heterocycles. The molecule has 1 saturated carbocycles. The van der Waals surface area contributed by atoms with Crippen LogP contribution in [0.4, 0.5) is 4.39 Å². The van der Waals surface area contributed by atoms with Gasteiger partial charge in [-0.15, -0.1) is 0 Å². The topological polar surface area (TPSA) is 95.7 Å². The highest BCUT2D eigenvalue weighted by molar-refractivity contribution is 5.77. The first-order valence-corrected chi connectivity index (χ1v) is 8.20. The van der Waals surface area contributed by atoms with E-state index >= 15 is 0 Å². The van der Waals surface area contributed by atoms with Crippen molar-refractivity contribution >= 4 is 16.9 Å². The monoisotopic (exact) mass is 343 g/mol. The van der Waals surface area contributed by atoms with Crippen LogP contribution in [0.2, 0.25) is 0 Å². The average molecular weight is 343 g/mol. The summed E-state index contributed by atoms with van der Waals surface area (Å²) < 4.78 is 18.5. The maximum absolute atomic E-state index is 13.1. The van der Waals surface area contributed by atoms with E-state index in [1.165, 1.54) is 25.0 Å². The Kier molecular flexibility index (Phi) is 4.19. The molecule has 0 radical (unpaired) electrons. The Morgan fingerprint density at radius 2 is 2.24 bits per heavy atom. The van der Waals surface area contributed by atoms with E-state index in [-0.39, 0.29) is 24.9 Å². The van der Waals surface area contributed by atoms with Crippen LogP contribution >= 0.6 is 0 Å². The highest BCUT2D eigenvalue weighted by Crippen LogP contribution is 2.38. The van der Waals surface area contributed by atoms with Crippen LogP contribution < -0.4 is 5.32 Å². The lowest BCUT2D eigenvalue weighted by Crippen LogP contribution is -2.27. The smallest absolute Gasteiger partial charge is 0.246 e. The summed E-state index contributed by atoms with van der Waals surface area (Å²) in [6.45, 7) is 0.473. The van der Waals surface area contributed by atoms with Crippen molar-refractivity contribution in [1.29, 1.82) is 0 Å². The molecule has 3 N–H and O–H groups in total. The highest BCUT2D eigenvalue weighted by atomic mass is 19.1. The number of ether oxygens (including phenoxy) is 1. The Morgan fingerprint density at radius 3 is 3.08 bits per heavy atom. The number of carbonyl (C=O) groups is 1. The van der Waals surface area contributed by atoms with Gasteiger partial charge in [0.1, 0.15) is 24.9 Å². The predicted molar refractivity (Wildman–Crippen MR) is 88.1 cm³/mol. The zero-order chi connectivity index (χ0) is 17.2. The minimum Gasteiger partial charge on any atom is -0.364 e. The van der Waals surface area contributed by atoms with Crippen LogP contribution in [0.3, 0.4) is 0 Å². The largest absolute Gasteiger partial charge is 0.364 e. The summed E-state index contributed by atoms with van der Waals surface area (Å²) in [7, 11) is 0. The fourth-order valence-corrected chi connectivity index (χ4v) is 2.65. The normalized spacial score (nSPS) is 14.1. The molecule has 4 rings (SSSR count). The van der Waals surface area contributed by atoms with E-state index in [1.54, 1.807) is 6.07 Å². The molecule has 1 fully saturated rings. The van der Waals surface area contributed by atoms with Crippen LogP contribution in [-0.2, 0) is 22.7 Å². The summed E-state index contributed by atoms with van der Waals surface area (Å²) in [4.78, 5) is 19.1. The first-order valence-electron chi connectivity index (χ1n) is 8.20. The number of halogens is 1. The SMILES string of the molecule is O=C(COCc1nc2ccc(F)cc2[nH]1)NCc1cc(C2CC2)n[nH]1. The van der Waals surface area contributed by atoms with Crippen molar-refractivity contribution in [3.63, 3.8) is 0 Å². The maximum atomic E-state index is 13.1. The molecule has 1 aromatic carbocycles. The number of aromatic nitrogens is 4. The molecule has 0 atom stereocenters. The predicted octanol–water partition coefficient (Wildman–Crippen LogP) is 2.14. The van der Waals surface area contributed by atoms with Crippen molar-refractivity contribution in [3.8, 4) is 0 Å². The van der Waals surface area contributed by atoms with Gasteiger partial charge in [0, 0.05) is 5.92 Å². The molecule has 3 aromatic rings. The van der Waals surface area contributed by atoms with Crippen molar-refractivity contribution in [2.75, 3.05) is 6.61 Å². The number of nitrogens with one attached hydrogen (secondary N) is 3. The number of amides is 1. The van der Waals surface area contributed by atoms with Crippen molar-refractivity contribution < 1.29 is 13.9 Å². The molecule has 25 heavy (non-hydrogen) atoms. The molecule has 0 bridgehead atoms. The quantitative estimate of drug-likeness (QED) is 0.612. The second-order valence-electron chi connectivity index (χ2n) is 6.21. The average Bonchev–Trinajstić information content (AvgIpc) is 3.20. The number of carbonyl (C=O) groups excluding carboxylic acids is 1. The van der Waals surface area contributed by atoms with Crippen LogP contribution in [0.5, 0.6) is 0 Å². The second-order valence-corrected chi connectivity index (χ2v) is 6.21. The van der Waals surface area contributed by atoms with Crippen LogP contribution in [-0.4, -0.2) is 32.7 Å². The molecular formula is C17H18FN5O2. The number of hydrogen-bond acceptors (Lipinski definition) is 4. The maximum Gasteiger partial charge on any atom is 0.246 e. The minimum atomic E-state index is -0.327. The fourth-order valence-electron chi connectivity index (χ4n) is 2.65. The van der Waals surface area contributed by atoms with Crippen molar-refractivity contribution in [2.45, 2.75) is 31.9 Å². The zero-order valence-electron chi connectivity index (χ0n) is 13.5. The summed E-state index contributed by atoms with van der Waals surface area (Å²) in [5.41, 5.74) is 3.22. The highest BCUT2D eigenvalue weighted by Gasteiger charge is 2.26. The molecule has 0 aliphatic heterocycles. The van der Waals surface area contributed by atoms with Gasteiger partial charge in [-0.3, -0.25) is 9.89 Å². The van der Waals surface area contributed by atoms with E-state index in [4.69, 9.17) is 4.74 Å². The molecule has 0 spiro atoms. The van der Waals surface area contributed by atoms with Gasteiger partial charge < -0.3 is 15.0 Å². The third-order valence-electron chi connectivity index (χ3n) is 4.09. The van der Waals surface area contributed by atoms with E-state index in [9.17, 15) is 9.18 Å². The van der Waals surface area contributed by atoms with Gasteiger partial charge in [0.05, 0.1) is 29.0 Å². The number of rotatable bonds is 7. The van der Waals surface area contributed by atoms with Gasteiger partial charge in [0.15, 0.2) is 0 Å². The first-order chi connectivity index (χ1) is 12.2. The third kappa shape index (κ3) is 3.85. The van der Waals surface area contributed by atoms with Crippen molar-refractivity contribution in [2.24, 2.45) is 0 Å². The molecule has 130 valence electrons. The molecule has 1 aliphatic carbocycles. The van der Waals surface area contributed by atoms with E-state index < -0.39 is 0 Å². The van der Waals surface area contributed by atoms with Crippen LogP contribution in [0.25, 0.3) is 11.0 Å². The van der Waals surface area contributed by atoms with Gasteiger partial charge in [-0.05, 0) is 37.1 Å². The van der Waals surface area contributed by atoms with Crippen LogP contribution in [0.1, 0.15) is 36.0 Å². The Balaban J connectivity index is 1.22. The standard InChI is InChI=1S/C17H18FN5O2/c18-11-3-4-13-15(5-11)21-16(20-13)8-25-9-17(24)19-7-12-6-14(23-22-12)10-1-2-10/h3-6,10H,1-2,7-9H2,(H,19,24)(H,20,21)(H,22,23). The van der Waals surface area contributed by atoms with E-state index in [0.29, 0.717) is 29.3 Å². The number of fused-ring (bicyclic) bond motifs is 1. The Bertz CT molecular complexity index is 899. The Hall–Kier alpha value is -2.74. The van der Waals surface area contributed by atoms with Gasteiger partial charge in [-0.1, -0.05) is 0 Å². The fraction of sp³-hybridized carbons (Fsp3) is 0.353. The van der Waals surface area contributed by atoms with Crippen molar-refractivity contribution in [1.82, 2.24) is 25.5 Å². The Labute approximate surface area is 143 Å².